The molecule has 2 aliphatic rings. The molecule has 2 saturated heterocycles. The highest BCUT2D eigenvalue weighted by atomic mass is 16.7. The number of rotatable bonds is 5. The third-order valence-electron chi connectivity index (χ3n) is 8.18. The number of fused-ring (bicyclic) bond motifs is 3. The second-order valence-electron chi connectivity index (χ2n) is 10.7. The van der Waals surface area contributed by atoms with Crippen molar-refractivity contribution < 1.29 is 29.3 Å². The van der Waals surface area contributed by atoms with Crippen molar-refractivity contribution in [1.29, 1.82) is 0 Å². The van der Waals surface area contributed by atoms with Crippen molar-refractivity contribution in [3.63, 3.8) is 0 Å². The van der Waals surface area contributed by atoms with Gasteiger partial charge in [-0.25, -0.2) is 0 Å². The lowest BCUT2D eigenvalue weighted by Gasteiger charge is -2.37. The lowest BCUT2D eigenvalue weighted by molar-refractivity contribution is -0.249. The van der Waals surface area contributed by atoms with Gasteiger partial charge < -0.3 is 33.9 Å². The van der Waals surface area contributed by atoms with Gasteiger partial charge in [-0.3, -0.25) is 5.32 Å². The lowest BCUT2D eigenvalue weighted by atomic mass is 9.97. The molecule has 9 nitrogen and oxygen atoms in total. The Balaban J connectivity index is 1.31. The van der Waals surface area contributed by atoms with E-state index in [0.29, 0.717) is 6.54 Å². The van der Waals surface area contributed by atoms with E-state index in [1.807, 2.05) is 26.0 Å². The zero-order chi connectivity index (χ0) is 27.5. The summed E-state index contributed by atoms with van der Waals surface area (Å²) < 4.78 is 19.6. The minimum atomic E-state index is -1.21. The third-order valence-corrected chi connectivity index (χ3v) is 8.18. The summed E-state index contributed by atoms with van der Waals surface area (Å²) in [5.74, 6) is 0.762. The number of hydrogen-bond acceptors (Lipinski definition) is 8. The number of benzene rings is 3. The molecule has 7 rings (SSSR count). The molecule has 0 radical (unpaired) electrons. The molecule has 6 atom stereocenters. The van der Waals surface area contributed by atoms with E-state index in [-0.39, 0.29) is 0 Å². The monoisotopic (exact) mass is 541 g/mol. The van der Waals surface area contributed by atoms with Crippen LogP contribution in [0.15, 0.2) is 71.4 Å². The zero-order valence-corrected chi connectivity index (χ0v) is 22.2. The van der Waals surface area contributed by atoms with Crippen molar-refractivity contribution in [2.75, 3.05) is 6.61 Å². The van der Waals surface area contributed by atoms with Crippen LogP contribution in [0.2, 0.25) is 0 Å². The maximum absolute atomic E-state index is 10.7. The molecule has 2 fully saturated rings. The van der Waals surface area contributed by atoms with E-state index in [2.05, 4.69) is 69.8 Å². The molecule has 3 aromatic carbocycles. The Labute approximate surface area is 230 Å². The SMILES string of the molecule is Cc1noc(C)c1-c1ccc2c(C3N[C@@H]4C(O)[C@H](O)C(CO)O[C@@H]4O3)cn(Cc3ccc4ccccc4c3)c2c1. The molecule has 2 aromatic heterocycles. The third kappa shape index (κ3) is 4.14. The first-order chi connectivity index (χ1) is 19.4. The predicted molar refractivity (Wildman–Crippen MR) is 148 cm³/mol. The molecular formula is C31H31N3O6. The van der Waals surface area contributed by atoms with Gasteiger partial charge in [-0.15, -0.1) is 0 Å². The highest BCUT2D eigenvalue weighted by molar-refractivity contribution is 5.89. The molecule has 0 aliphatic carbocycles. The Morgan fingerprint density at radius 3 is 2.55 bits per heavy atom. The molecule has 206 valence electrons. The highest BCUT2D eigenvalue weighted by Gasteiger charge is 2.50. The molecule has 4 heterocycles. The summed E-state index contributed by atoms with van der Waals surface area (Å²) in [7, 11) is 0. The Morgan fingerprint density at radius 1 is 0.950 bits per heavy atom. The Morgan fingerprint density at radius 2 is 1.77 bits per heavy atom. The molecular weight excluding hydrogens is 510 g/mol. The number of nitrogens with one attached hydrogen (secondary N) is 1. The quantitative estimate of drug-likeness (QED) is 0.267. The van der Waals surface area contributed by atoms with E-state index in [0.717, 1.165) is 44.6 Å². The summed E-state index contributed by atoms with van der Waals surface area (Å²) in [5.41, 5.74) is 5.87. The van der Waals surface area contributed by atoms with Crippen LogP contribution in [-0.4, -0.2) is 62.3 Å². The van der Waals surface area contributed by atoms with Crippen LogP contribution in [0.25, 0.3) is 32.8 Å². The fourth-order valence-corrected chi connectivity index (χ4v) is 6.13. The normalized spacial score (nSPS) is 26.5. The average Bonchev–Trinajstić information content (AvgIpc) is 3.65. The maximum Gasteiger partial charge on any atom is 0.178 e. The van der Waals surface area contributed by atoms with E-state index in [4.69, 9.17) is 14.0 Å². The largest absolute Gasteiger partial charge is 0.394 e. The number of ether oxygens (including phenoxy) is 2. The van der Waals surface area contributed by atoms with E-state index in [1.54, 1.807) is 0 Å². The van der Waals surface area contributed by atoms with E-state index in [1.165, 1.54) is 10.8 Å². The van der Waals surface area contributed by atoms with Gasteiger partial charge in [0.15, 0.2) is 6.29 Å². The summed E-state index contributed by atoms with van der Waals surface area (Å²) in [6, 6.07) is 20.4. The summed E-state index contributed by atoms with van der Waals surface area (Å²) in [6.45, 7) is 4.07. The first-order valence-corrected chi connectivity index (χ1v) is 13.5. The summed E-state index contributed by atoms with van der Waals surface area (Å²) in [6.07, 6.45) is -2.59. The van der Waals surface area contributed by atoms with Crippen LogP contribution in [0, 0.1) is 13.8 Å². The minimum absolute atomic E-state index is 0.412. The molecule has 5 aromatic rings. The van der Waals surface area contributed by atoms with Crippen LogP contribution >= 0.6 is 0 Å². The van der Waals surface area contributed by atoms with E-state index >= 15 is 0 Å². The standard InChI is InChI=1S/C31H31N3O6/c1-16-26(17(2)40-33-16)21-9-10-22-23(30-32-27-29(37)28(36)25(15-35)38-31(27)39-30)14-34(24(22)12-21)13-18-7-8-19-5-3-4-6-20(19)11-18/h3-12,14,25,27-32,35-37H,13,15H2,1-2H3/t25?,27-,28-,29?,30?,31-/m1/s1. The van der Waals surface area contributed by atoms with E-state index in [9.17, 15) is 15.3 Å². The molecule has 0 saturated carbocycles. The van der Waals surface area contributed by atoms with Gasteiger partial charge in [-0.2, -0.15) is 0 Å². The number of aromatic nitrogens is 2. The minimum Gasteiger partial charge on any atom is -0.394 e. The molecule has 4 N–H and O–H groups in total. The van der Waals surface area contributed by atoms with Crippen LogP contribution in [0.4, 0.5) is 0 Å². The van der Waals surface area contributed by atoms with Crippen LogP contribution in [0.3, 0.4) is 0 Å². The van der Waals surface area contributed by atoms with Crippen molar-refractivity contribution in [3.8, 4) is 11.1 Å². The molecule has 40 heavy (non-hydrogen) atoms. The van der Waals surface area contributed by atoms with Crippen molar-refractivity contribution in [1.82, 2.24) is 15.0 Å². The fourth-order valence-electron chi connectivity index (χ4n) is 6.13. The number of hydrogen-bond donors (Lipinski definition) is 4. The van der Waals surface area contributed by atoms with Gasteiger partial charge in [0.1, 0.15) is 30.3 Å². The van der Waals surface area contributed by atoms with Crippen molar-refractivity contribution >= 4 is 21.7 Å². The van der Waals surface area contributed by atoms with Gasteiger partial charge in [0.2, 0.25) is 0 Å². The molecule has 2 aliphatic heterocycles. The maximum atomic E-state index is 10.7. The van der Waals surface area contributed by atoms with Crippen molar-refractivity contribution in [2.24, 2.45) is 0 Å². The lowest BCUT2D eigenvalue weighted by Crippen LogP contribution is -2.60. The second kappa shape index (κ2) is 9.81. The average molecular weight is 542 g/mol. The predicted octanol–water partition coefficient (Wildman–Crippen LogP) is 3.54. The molecule has 3 unspecified atom stereocenters. The van der Waals surface area contributed by atoms with Crippen LogP contribution in [-0.2, 0) is 16.0 Å². The van der Waals surface area contributed by atoms with Crippen LogP contribution < -0.4 is 5.32 Å². The number of aliphatic hydroxyl groups excluding tert-OH is 3. The first kappa shape index (κ1) is 25.4. The van der Waals surface area contributed by atoms with Gasteiger partial charge in [0, 0.05) is 34.8 Å². The van der Waals surface area contributed by atoms with Gasteiger partial charge >= 0.3 is 0 Å². The van der Waals surface area contributed by atoms with Crippen molar-refractivity contribution in [2.45, 2.75) is 57.3 Å². The Bertz CT molecular complexity index is 1690. The Hall–Kier alpha value is -3.57. The zero-order valence-electron chi connectivity index (χ0n) is 22.2. The van der Waals surface area contributed by atoms with Gasteiger partial charge in [-0.05, 0) is 47.9 Å². The topological polar surface area (TPSA) is 122 Å². The number of aliphatic hydroxyl groups is 3. The van der Waals surface area contributed by atoms with Gasteiger partial charge in [0.25, 0.3) is 0 Å². The molecule has 0 spiro atoms. The molecule has 9 heteroatoms. The summed E-state index contributed by atoms with van der Waals surface area (Å²) in [4.78, 5) is 0. The first-order valence-electron chi connectivity index (χ1n) is 13.5. The summed E-state index contributed by atoms with van der Waals surface area (Å²) >= 11 is 0. The molecule has 0 amide bonds. The summed E-state index contributed by atoms with van der Waals surface area (Å²) in [5, 5.41) is 41.5. The Kier molecular flexibility index (Phi) is 6.23. The smallest absolute Gasteiger partial charge is 0.178 e. The highest BCUT2D eigenvalue weighted by Crippen LogP contribution is 2.38. The number of aryl methyl sites for hydroxylation is 2. The second-order valence-corrected chi connectivity index (χ2v) is 10.7. The van der Waals surface area contributed by atoms with Gasteiger partial charge in [0.05, 0.1) is 18.3 Å². The molecule has 0 bridgehead atoms. The number of nitrogens with zero attached hydrogens (tertiary/aromatic N) is 2. The van der Waals surface area contributed by atoms with Crippen LogP contribution in [0.5, 0.6) is 0 Å². The fraction of sp³-hybridized carbons (Fsp3) is 0.323. The van der Waals surface area contributed by atoms with E-state index < -0.39 is 43.5 Å². The van der Waals surface area contributed by atoms with Crippen LogP contribution in [0.1, 0.15) is 28.8 Å². The van der Waals surface area contributed by atoms with Crippen molar-refractivity contribution in [3.05, 3.63) is 89.4 Å². The van der Waals surface area contributed by atoms with Gasteiger partial charge in [-0.1, -0.05) is 53.7 Å².